The maximum atomic E-state index is 5.67. The predicted molar refractivity (Wildman–Crippen MR) is 80.4 cm³/mol. The molecule has 0 bridgehead atoms. The van der Waals surface area contributed by atoms with Crippen molar-refractivity contribution in [1.82, 2.24) is 4.98 Å². The van der Waals surface area contributed by atoms with E-state index in [-0.39, 0.29) is 6.04 Å². The van der Waals surface area contributed by atoms with Gasteiger partial charge >= 0.3 is 0 Å². The first-order chi connectivity index (χ1) is 9.76. The molecule has 1 N–H and O–H groups in total. The van der Waals surface area contributed by atoms with Gasteiger partial charge in [-0.15, -0.1) is 0 Å². The fourth-order valence-corrected chi connectivity index (χ4v) is 2.10. The molecule has 1 unspecified atom stereocenters. The Morgan fingerprint density at radius 1 is 1.20 bits per heavy atom. The standard InChI is InChI=1S/C16H20N2O2/c1-4-20-15-10-6-5-8-13(15)12(2)18-14-9-7-11-17-16(14)19-3/h5-12,18H,4H2,1-3H3. The zero-order valence-corrected chi connectivity index (χ0v) is 12.1. The number of aromatic nitrogens is 1. The number of hydrogen-bond donors (Lipinski definition) is 1. The van der Waals surface area contributed by atoms with E-state index < -0.39 is 0 Å². The van der Waals surface area contributed by atoms with Crippen molar-refractivity contribution < 1.29 is 9.47 Å². The second-order valence-electron chi connectivity index (χ2n) is 4.40. The third-order valence-corrected chi connectivity index (χ3v) is 3.02. The average Bonchev–Trinajstić information content (AvgIpc) is 2.48. The number of ether oxygens (including phenoxy) is 2. The fourth-order valence-electron chi connectivity index (χ4n) is 2.10. The Morgan fingerprint density at radius 3 is 2.75 bits per heavy atom. The van der Waals surface area contributed by atoms with Gasteiger partial charge in [0, 0.05) is 11.8 Å². The minimum Gasteiger partial charge on any atom is -0.494 e. The Balaban J connectivity index is 2.21. The van der Waals surface area contributed by atoms with Crippen molar-refractivity contribution in [3.05, 3.63) is 48.2 Å². The first-order valence-corrected chi connectivity index (χ1v) is 6.73. The molecule has 0 aliphatic carbocycles. The van der Waals surface area contributed by atoms with Gasteiger partial charge in [0.05, 0.1) is 25.4 Å². The van der Waals surface area contributed by atoms with E-state index in [9.17, 15) is 0 Å². The molecule has 0 aliphatic heterocycles. The van der Waals surface area contributed by atoms with Crippen LogP contribution in [0.25, 0.3) is 0 Å². The van der Waals surface area contributed by atoms with Gasteiger partial charge in [0.1, 0.15) is 5.75 Å². The van der Waals surface area contributed by atoms with Gasteiger partial charge in [-0.25, -0.2) is 4.98 Å². The molecule has 1 heterocycles. The zero-order valence-electron chi connectivity index (χ0n) is 12.1. The Kier molecular flexibility index (Phi) is 4.82. The summed E-state index contributed by atoms with van der Waals surface area (Å²) in [6.07, 6.45) is 1.71. The summed E-state index contributed by atoms with van der Waals surface area (Å²) in [6.45, 7) is 4.73. The van der Waals surface area contributed by atoms with Crippen LogP contribution in [-0.2, 0) is 0 Å². The van der Waals surface area contributed by atoms with Crippen LogP contribution in [0.4, 0.5) is 5.69 Å². The highest BCUT2D eigenvalue weighted by Crippen LogP contribution is 2.30. The second-order valence-corrected chi connectivity index (χ2v) is 4.40. The predicted octanol–water partition coefficient (Wildman–Crippen LogP) is 3.66. The number of hydrogen-bond acceptors (Lipinski definition) is 4. The highest BCUT2D eigenvalue weighted by atomic mass is 16.5. The van der Waals surface area contributed by atoms with Crippen LogP contribution in [0.5, 0.6) is 11.6 Å². The molecular formula is C16H20N2O2. The topological polar surface area (TPSA) is 43.4 Å². The fraction of sp³-hybridized carbons (Fsp3) is 0.312. The van der Waals surface area contributed by atoms with Crippen LogP contribution >= 0.6 is 0 Å². The van der Waals surface area contributed by atoms with E-state index in [2.05, 4.69) is 23.3 Å². The molecule has 106 valence electrons. The van der Waals surface area contributed by atoms with Gasteiger partial charge in [-0.2, -0.15) is 0 Å². The largest absolute Gasteiger partial charge is 0.494 e. The van der Waals surface area contributed by atoms with Crippen molar-refractivity contribution in [3.63, 3.8) is 0 Å². The smallest absolute Gasteiger partial charge is 0.237 e. The Labute approximate surface area is 119 Å². The summed E-state index contributed by atoms with van der Waals surface area (Å²) in [4.78, 5) is 4.19. The number of nitrogens with zero attached hydrogens (tertiary/aromatic N) is 1. The molecule has 4 heteroatoms. The van der Waals surface area contributed by atoms with Gasteiger partial charge in [0.15, 0.2) is 0 Å². The quantitative estimate of drug-likeness (QED) is 0.871. The molecule has 2 rings (SSSR count). The number of benzene rings is 1. The molecule has 0 spiro atoms. The summed E-state index contributed by atoms with van der Waals surface area (Å²) in [5, 5.41) is 3.41. The number of rotatable bonds is 6. The molecule has 0 aliphatic rings. The van der Waals surface area contributed by atoms with Crippen LogP contribution in [0.15, 0.2) is 42.6 Å². The van der Waals surface area contributed by atoms with E-state index >= 15 is 0 Å². The maximum absolute atomic E-state index is 5.67. The lowest BCUT2D eigenvalue weighted by atomic mass is 10.1. The molecular weight excluding hydrogens is 252 g/mol. The number of anilines is 1. The van der Waals surface area contributed by atoms with Crippen molar-refractivity contribution in [1.29, 1.82) is 0 Å². The second kappa shape index (κ2) is 6.80. The lowest BCUT2D eigenvalue weighted by Crippen LogP contribution is -2.10. The van der Waals surface area contributed by atoms with Crippen molar-refractivity contribution in [2.45, 2.75) is 19.9 Å². The summed E-state index contributed by atoms with van der Waals surface area (Å²) >= 11 is 0. The lowest BCUT2D eigenvalue weighted by Gasteiger charge is -2.19. The zero-order chi connectivity index (χ0) is 14.4. The van der Waals surface area contributed by atoms with E-state index in [1.807, 2.05) is 37.3 Å². The molecule has 4 nitrogen and oxygen atoms in total. The Morgan fingerprint density at radius 2 is 2.00 bits per heavy atom. The SMILES string of the molecule is CCOc1ccccc1C(C)Nc1cccnc1OC. The van der Waals surface area contributed by atoms with E-state index in [1.165, 1.54) is 0 Å². The minimum atomic E-state index is 0.0934. The van der Waals surface area contributed by atoms with Gasteiger partial charge in [-0.1, -0.05) is 18.2 Å². The van der Waals surface area contributed by atoms with Gasteiger partial charge in [-0.05, 0) is 32.0 Å². The molecule has 20 heavy (non-hydrogen) atoms. The Hall–Kier alpha value is -2.23. The summed E-state index contributed by atoms with van der Waals surface area (Å²) < 4.78 is 10.9. The van der Waals surface area contributed by atoms with Gasteiger partial charge in [0.25, 0.3) is 0 Å². The normalized spacial score (nSPS) is 11.8. The van der Waals surface area contributed by atoms with Crippen LogP contribution < -0.4 is 14.8 Å². The average molecular weight is 272 g/mol. The van der Waals surface area contributed by atoms with Crippen LogP contribution in [0.3, 0.4) is 0 Å². The molecule has 0 saturated carbocycles. The van der Waals surface area contributed by atoms with Gasteiger partial charge < -0.3 is 14.8 Å². The highest BCUT2D eigenvalue weighted by Gasteiger charge is 2.13. The number of pyridine rings is 1. The van der Waals surface area contributed by atoms with Crippen molar-refractivity contribution >= 4 is 5.69 Å². The van der Waals surface area contributed by atoms with Gasteiger partial charge in [0.2, 0.25) is 5.88 Å². The van der Waals surface area contributed by atoms with E-state index in [4.69, 9.17) is 9.47 Å². The van der Waals surface area contributed by atoms with Crippen LogP contribution in [0, 0.1) is 0 Å². The number of methoxy groups -OCH3 is 1. The van der Waals surface area contributed by atoms with Crippen LogP contribution in [0.2, 0.25) is 0 Å². The van der Waals surface area contributed by atoms with Gasteiger partial charge in [-0.3, -0.25) is 0 Å². The van der Waals surface area contributed by atoms with Crippen LogP contribution in [0.1, 0.15) is 25.5 Å². The number of para-hydroxylation sites is 1. The van der Waals surface area contributed by atoms with Crippen molar-refractivity contribution in [2.75, 3.05) is 19.0 Å². The van der Waals surface area contributed by atoms with Crippen molar-refractivity contribution in [3.8, 4) is 11.6 Å². The third kappa shape index (κ3) is 3.20. The van der Waals surface area contributed by atoms with Crippen molar-refractivity contribution in [2.24, 2.45) is 0 Å². The monoisotopic (exact) mass is 272 g/mol. The molecule has 1 aromatic heterocycles. The molecule has 1 atom stereocenters. The molecule has 1 aromatic carbocycles. The summed E-state index contributed by atoms with van der Waals surface area (Å²) in [5.41, 5.74) is 1.98. The third-order valence-electron chi connectivity index (χ3n) is 3.02. The molecule has 2 aromatic rings. The molecule has 0 radical (unpaired) electrons. The number of nitrogens with one attached hydrogen (secondary N) is 1. The molecule has 0 amide bonds. The first-order valence-electron chi connectivity index (χ1n) is 6.73. The highest BCUT2D eigenvalue weighted by molar-refractivity contribution is 5.54. The first kappa shape index (κ1) is 14.2. The summed E-state index contributed by atoms with van der Waals surface area (Å²) in [6, 6.07) is 12.0. The van der Waals surface area contributed by atoms with E-state index in [1.54, 1.807) is 13.3 Å². The van der Waals surface area contributed by atoms with E-state index in [0.717, 1.165) is 17.0 Å². The minimum absolute atomic E-state index is 0.0934. The molecule has 0 saturated heterocycles. The Bertz CT molecular complexity index is 558. The van der Waals surface area contributed by atoms with Crippen LogP contribution in [-0.4, -0.2) is 18.7 Å². The summed E-state index contributed by atoms with van der Waals surface area (Å²) in [7, 11) is 1.62. The maximum Gasteiger partial charge on any atom is 0.237 e. The van der Waals surface area contributed by atoms with E-state index in [0.29, 0.717) is 12.5 Å². The summed E-state index contributed by atoms with van der Waals surface area (Å²) in [5.74, 6) is 1.49. The molecule has 0 fully saturated rings. The lowest BCUT2D eigenvalue weighted by molar-refractivity contribution is 0.335.